The number of likely N-dealkylation sites (N-methyl/N-ethyl adjacent to an activating group) is 1. The summed E-state index contributed by atoms with van der Waals surface area (Å²) in [5.41, 5.74) is 5.30. The smallest absolute Gasteiger partial charge is 0.240 e. The fourth-order valence-corrected chi connectivity index (χ4v) is 3.90. The van der Waals surface area contributed by atoms with Crippen molar-refractivity contribution in [3.8, 4) is 0 Å². The topological polar surface area (TPSA) is 67.6 Å². The van der Waals surface area contributed by atoms with E-state index >= 15 is 0 Å². The van der Waals surface area contributed by atoms with Gasteiger partial charge in [-0.1, -0.05) is 27.2 Å². The summed E-state index contributed by atoms with van der Waals surface area (Å²) in [5, 5.41) is 3.12. The molecular formula is C17H35Cl2N3O2. The Balaban J connectivity index is 0.00000264. The number of nitrogens with two attached hydrogens (primary N) is 1. The van der Waals surface area contributed by atoms with Gasteiger partial charge >= 0.3 is 0 Å². The molecule has 3 atom stereocenters. The quantitative estimate of drug-likeness (QED) is 0.738. The molecule has 7 heteroatoms. The lowest BCUT2D eigenvalue weighted by atomic mass is 9.54. The van der Waals surface area contributed by atoms with Gasteiger partial charge in [-0.15, -0.1) is 24.8 Å². The highest BCUT2D eigenvalue weighted by atomic mass is 35.5. The number of carbonyl (C=O) groups is 1. The number of hydrogen-bond acceptors (Lipinski definition) is 4. The standard InChI is InChI=1S/C17H33N3O2.2ClH/c1-5-20-10-8-7-9-13(20)12-19-15(21)17(18)11-14(22-6-2)16(17,3)4;;/h13-14H,5-12,18H2,1-4H3,(H,19,21);2*1H. The second-order valence-corrected chi connectivity index (χ2v) is 7.33. The van der Waals surface area contributed by atoms with E-state index in [-0.39, 0.29) is 42.2 Å². The number of nitrogens with zero attached hydrogens (tertiary/aromatic N) is 1. The van der Waals surface area contributed by atoms with Crippen LogP contribution in [0.3, 0.4) is 0 Å². The van der Waals surface area contributed by atoms with E-state index in [1.807, 2.05) is 20.8 Å². The molecule has 1 aliphatic carbocycles. The van der Waals surface area contributed by atoms with Gasteiger partial charge in [-0.25, -0.2) is 0 Å². The van der Waals surface area contributed by atoms with Crippen molar-refractivity contribution in [2.75, 3.05) is 26.2 Å². The van der Waals surface area contributed by atoms with E-state index in [9.17, 15) is 4.79 Å². The molecule has 24 heavy (non-hydrogen) atoms. The molecule has 2 rings (SSSR count). The Morgan fingerprint density at radius 2 is 1.96 bits per heavy atom. The van der Waals surface area contributed by atoms with Crippen LogP contribution in [0.1, 0.15) is 53.4 Å². The van der Waals surface area contributed by atoms with Crippen molar-refractivity contribution in [3.05, 3.63) is 0 Å². The van der Waals surface area contributed by atoms with Crippen molar-refractivity contribution >= 4 is 30.7 Å². The Hall–Kier alpha value is -0.0700. The van der Waals surface area contributed by atoms with Gasteiger partial charge in [0, 0.05) is 31.0 Å². The maximum Gasteiger partial charge on any atom is 0.240 e. The highest BCUT2D eigenvalue weighted by molar-refractivity contribution is 5.88. The second kappa shape index (κ2) is 9.58. The Bertz CT molecular complexity index is 409. The van der Waals surface area contributed by atoms with Crippen molar-refractivity contribution in [1.82, 2.24) is 10.2 Å². The first-order valence-electron chi connectivity index (χ1n) is 8.79. The summed E-state index contributed by atoms with van der Waals surface area (Å²) in [6.45, 7) is 11.8. The van der Waals surface area contributed by atoms with Crippen LogP contribution in [0.4, 0.5) is 0 Å². The average molecular weight is 384 g/mol. The fourth-order valence-electron chi connectivity index (χ4n) is 3.90. The number of rotatable bonds is 6. The molecule has 0 radical (unpaired) electrons. The molecular weight excluding hydrogens is 349 g/mol. The molecule has 1 aliphatic heterocycles. The zero-order chi connectivity index (χ0) is 16.4. The lowest BCUT2D eigenvalue weighted by Gasteiger charge is -2.57. The van der Waals surface area contributed by atoms with E-state index in [2.05, 4.69) is 17.1 Å². The number of likely N-dealkylation sites (tertiary alicyclic amines) is 1. The Morgan fingerprint density at radius 3 is 2.50 bits per heavy atom. The van der Waals surface area contributed by atoms with Crippen LogP contribution in [0.25, 0.3) is 0 Å². The van der Waals surface area contributed by atoms with E-state index in [1.54, 1.807) is 0 Å². The van der Waals surface area contributed by atoms with Crippen LogP contribution >= 0.6 is 24.8 Å². The number of piperidine rings is 1. The first-order chi connectivity index (χ1) is 10.4. The van der Waals surface area contributed by atoms with E-state index in [0.717, 1.165) is 19.5 Å². The van der Waals surface area contributed by atoms with Crippen molar-refractivity contribution in [2.24, 2.45) is 11.1 Å². The van der Waals surface area contributed by atoms with Gasteiger partial charge in [0.25, 0.3) is 0 Å². The zero-order valence-electron chi connectivity index (χ0n) is 15.5. The largest absolute Gasteiger partial charge is 0.378 e. The maximum atomic E-state index is 12.6. The third-order valence-corrected chi connectivity index (χ3v) is 5.89. The summed E-state index contributed by atoms with van der Waals surface area (Å²) in [6, 6.07) is 0.456. The monoisotopic (exact) mass is 383 g/mol. The van der Waals surface area contributed by atoms with Crippen LogP contribution in [-0.4, -0.2) is 54.7 Å². The van der Waals surface area contributed by atoms with Gasteiger partial charge in [-0.05, 0) is 32.9 Å². The minimum absolute atomic E-state index is 0. The maximum absolute atomic E-state index is 12.6. The van der Waals surface area contributed by atoms with Gasteiger partial charge < -0.3 is 15.8 Å². The van der Waals surface area contributed by atoms with Crippen LogP contribution in [0.2, 0.25) is 0 Å². The summed E-state index contributed by atoms with van der Waals surface area (Å²) in [7, 11) is 0. The number of carbonyl (C=O) groups excluding carboxylic acids is 1. The Kier molecular flexibility index (Phi) is 9.55. The van der Waals surface area contributed by atoms with Crippen molar-refractivity contribution < 1.29 is 9.53 Å². The van der Waals surface area contributed by atoms with Crippen LogP contribution < -0.4 is 11.1 Å². The van der Waals surface area contributed by atoms with E-state index in [1.165, 1.54) is 12.8 Å². The summed E-state index contributed by atoms with van der Waals surface area (Å²) in [4.78, 5) is 15.1. The molecule has 144 valence electrons. The Morgan fingerprint density at radius 1 is 1.29 bits per heavy atom. The van der Waals surface area contributed by atoms with Gasteiger partial charge in [0.1, 0.15) is 5.54 Å². The van der Waals surface area contributed by atoms with E-state index < -0.39 is 5.54 Å². The molecule has 2 fully saturated rings. The minimum atomic E-state index is -0.807. The molecule has 2 aliphatic rings. The molecule has 1 heterocycles. The van der Waals surface area contributed by atoms with Crippen molar-refractivity contribution in [2.45, 2.75) is 71.1 Å². The molecule has 5 nitrogen and oxygen atoms in total. The molecule has 1 saturated carbocycles. The lowest BCUT2D eigenvalue weighted by Crippen LogP contribution is -2.76. The van der Waals surface area contributed by atoms with Crippen molar-refractivity contribution in [3.63, 3.8) is 0 Å². The number of halogens is 2. The normalized spacial score (nSPS) is 32.0. The molecule has 0 spiro atoms. The van der Waals surface area contributed by atoms with Gasteiger partial charge in [0.2, 0.25) is 5.91 Å². The van der Waals surface area contributed by atoms with Gasteiger partial charge in [0.15, 0.2) is 0 Å². The predicted octanol–water partition coefficient (Wildman–Crippen LogP) is 2.35. The predicted molar refractivity (Wildman–Crippen MR) is 103 cm³/mol. The van der Waals surface area contributed by atoms with Crippen LogP contribution in [0, 0.1) is 5.41 Å². The summed E-state index contributed by atoms with van der Waals surface area (Å²) < 4.78 is 5.70. The van der Waals surface area contributed by atoms with Crippen LogP contribution in [0.15, 0.2) is 0 Å². The van der Waals surface area contributed by atoms with Gasteiger partial charge in [-0.3, -0.25) is 9.69 Å². The highest BCUT2D eigenvalue weighted by Gasteiger charge is 2.62. The fraction of sp³-hybridized carbons (Fsp3) is 0.941. The Labute approximate surface area is 159 Å². The van der Waals surface area contributed by atoms with Crippen LogP contribution in [-0.2, 0) is 9.53 Å². The molecule has 1 saturated heterocycles. The molecule has 0 bridgehead atoms. The van der Waals surface area contributed by atoms with Crippen molar-refractivity contribution in [1.29, 1.82) is 0 Å². The summed E-state index contributed by atoms with van der Waals surface area (Å²) >= 11 is 0. The first kappa shape index (κ1) is 23.9. The second-order valence-electron chi connectivity index (χ2n) is 7.33. The zero-order valence-corrected chi connectivity index (χ0v) is 17.1. The molecule has 0 aromatic heterocycles. The molecule has 3 unspecified atom stereocenters. The highest BCUT2D eigenvalue weighted by Crippen LogP contribution is 2.49. The average Bonchev–Trinajstić information content (AvgIpc) is 2.52. The molecule has 0 aromatic rings. The summed E-state index contributed by atoms with van der Waals surface area (Å²) in [6.07, 6.45) is 4.37. The minimum Gasteiger partial charge on any atom is -0.378 e. The van der Waals surface area contributed by atoms with E-state index in [0.29, 0.717) is 25.6 Å². The SMILES string of the molecule is CCOC1CC(N)(C(=O)NCC2CCCCN2CC)C1(C)C.Cl.Cl. The molecule has 0 aromatic carbocycles. The number of hydrogen-bond donors (Lipinski definition) is 2. The third-order valence-electron chi connectivity index (χ3n) is 5.89. The van der Waals surface area contributed by atoms with E-state index in [4.69, 9.17) is 10.5 Å². The molecule has 3 N–H and O–H groups in total. The molecule has 1 amide bonds. The van der Waals surface area contributed by atoms with Gasteiger partial charge in [-0.2, -0.15) is 0 Å². The number of nitrogens with one attached hydrogen (secondary N) is 1. The first-order valence-corrected chi connectivity index (χ1v) is 8.79. The number of ether oxygens (including phenoxy) is 1. The lowest BCUT2D eigenvalue weighted by molar-refractivity contribution is -0.170. The third kappa shape index (κ3) is 4.36. The van der Waals surface area contributed by atoms with Crippen LogP contribution in [0.5, 0.6) is 0 Å². The van der Waals surface area contributed by atoms with Gasteiger partial charge in [0.05, 0.1) is 6.10 Å². The summed E-state index contributed by atoms with van der Waals surface area (Å²) in [5.74, 6) is -0.0184. The number of amides is 1.